The van der Waals surface area contributed by atoms with Crippen LogP contribution in [0.2, 0.25) is 0 Å². The van der Waals surface area contributed by atoms with E-state index in [1.807, 2.05) is 43.3 Å². The van der Waals surface area contributed by atoms with E-state index in [9.17, 15) is 9.59 Å². The third-order valence-electron chi connectivity index (χ3n) is 4.56. The molecule has 0 aliphatic rings. The maximum absolute atomic E-state index is 12.8. The molecule has 29 heavy (non-hydrogen) atoms. The van der Waals surface area contributed by atoms with E-state index < -0.39 is 6.61 Å². The largest absolute Gasteiger partial charge is 0.494 e. The fourth-order valence-electron chi connectivity index (χ4n) is 3.16. The summed E-state index contributed by atoms with van der Waals surface area (Å²) in [4.78, 5) is 26.2. The highest BCUT2D eigenvalue weighted by molar-refractivity contribution is 6.00. The molecule has 0 aliphatic heterocycles. The van der Waals surface area contributed by atoms with Crippen molar-refractivity contribution >= 4 is 22.5 Å². The number of nitrogens with zero attached hydrogens (tertiary/aromatic N) is 1. The summed E-state index contributed by atoms with van der Waals surface area (Å²) >= 11 is 0. The highest BCUT2D eigenvalue weighted by atomic mass is 16.5. The van der Waals surface area contributed by atoms with Gasteiger partial charge in [-0.2, -0.15) is 0 Å². The summed E-state index contributed by atoms with van der Waals surface area (Å²) in [7, 11) is 3.92. The molecule has 3 rings (SSSR count). The van der Waals surface area contributed by atoms with Gasteiger partial charge in [-0.3, -0.25) is 9.59 Å². The van der Waals surface area contributed by atoms with Gasteiger partial charge in [-0.25, -0.2) is 0 Å². The van der Waals surface area contributed by atoms with Crippen molar-refractivity contribution in [1.82, 2.24) is 4.90 Å². The monoisotopic (exact) mass is 395 g/mol. The molecule has 1 heterocycles. The van der Waals surface area contributed by atoms with Gasteiger partial charge >= 0.3 is 0 Å². The first kappa shape index (κ1) is 20.8. The van der Waals surface area contributed by atoms with Crippen molar-refractivity contribution < 1.29 is 23.8 Å². The number of para-hydroxylation sites is 1. The maximum atomic E-state index is 12.8. The van der Waals surface area contributed by atoms with Crippen molar-refractivity contribution in [3.8, 4) is 5.75 Å². The van der Waals surface area contributed by atoms with Crippen molar-refractivity contribution in [2.24, 2.45) is 0 Å². The van der Waals surface area contributed by atoms with Gasteiger partial charge in [0.1, 0.15) is 17.9 Å². The van der Waals surface area contributed by atoms with Gasteiger partial charge in [0.25, 0.3) is 0 Å². The van der Waals surface area contributed by atoms with Crippen LogP contribution in [0.4, 0.5) is 0 Å². The minimum Gasteiger partial charge on any atom is -0.494 e. The molecule has 0 amide bonds. The van der Waals surface area contributed by atoms with Crippen molar-refractivity contribution in [3.63, 3.8) is 0 Å². The number of hydrogen-bond donors (Lipinski definition) is 1. The zero-order valence-electron chi connectivity index (χ0n) is 16.7. The van der Waals surface area contributed by atoms with E-state index >= 15 is 0 Å². The number of benzene rings is 2. The summed E-state index contributed by atoms with van der Waals surface area (Å²) in [5.74, 6) is 0.669. The van der Waals surface area contributed by atoms with E-state index in [4.69, 9.17) is 14.3 Å². The van der Waals surface area contributed by atoms with Crippen molar-refractivity contribution in [2.75, 3.05) is 27.3 Å². The first-order chi connectivity index (χ1) is 14.0. The summed E-state index contributed by atoms with van der Waals surface area (Å²) < 4.78 is 11.5. The SMILES string of the molecule is CN(C)Cc1c(C(=O)CCCOc2ccc(C(=O)CO)cc2)oc2ccccc12. The van der Waals surface area contributed by atoms with Gasteiger partial charge in [-0.15, -0.1) is 0 Å². The number of ether oxygens (including phenoxy) is 1. The molecule has 0 aliphatic carbocycles. The number of fused-ring (bicyclic) bond motifs is 1. The van der Waals surface area contributed by atoms with E-state index in [2.05, 4.69) is 0 Å². The number of aliphatic hydroxyl groups excluding tert-OH is 1. The van der Waals surface area contributed by atoms with Gasteiger partial charge in [-0.05, 0) is 50.8 Å². The number of hydrogen-bond acceptors (Lipinski definition) is 6. The molecule has 3 aromatic rings. The Morgan fingerprint density at radius 3 is 2.45 bits per heavy atom. The molecule has 0 fully saturated rings. The number of carbonyl (C=O) groups excluding carboxylic acids is 2. The third-order valence-corrected chi connectivity index (χ3v) is 4.56. The van der Waals surface area contributed by atoms with Gasteiger partial charge in [0.2, 0.25) is 0 Å². The van der Waals surface area contributed by atoms with Crippen molar-refractivity contribution in [3.05, 3.63) is 65.4 Å². The fraction of sp³-hybridized carbons (Fsp3) is 0.304. The Morgan fingerprint density at radius 1 is 1.03 bits per heavy atom. The highest BCUT2D eigenvalue weighted by Crippen LogP contribution is 2.28. The molecule has 1 N–H and O–H groups in total. The molecule has 2 aromatic carbocycles. The summed E-state index contributed by atoms with van der Waals surface area (Å²) in [6, 6.07) is 14.3. The van der Waals surface area contributed by atoms with Crippen molar-refractivity contribution in [1.29, 1.82) is 0 Å². The van der Waals surface area contributed by atoms with Crippen LogP contribution in [0.1, 0.15) is 39.3 Å². The van der Waals surface area contributed by atoms with Crippen LogP contribution in [-0.2, 0) is 6.54 Å². The Balaban J connectivity index is 1.59. The Hall–Kier alpha value is -2.96. The lowest BCUT2D eigenvalue weighted by Gasteiger charge is -2.10. The topological polar surface area (TPSA) is 80.0 Å². The molecule has 152 valence electrons. The van der Waals surface area contributed by atoms with E-state index in [1.54, 1.807) is 24.3 Å². The fourth-order valence-corrected chi connectivity index (χ4v) is 3.16. The van der Waals surface area contributed by atoms with Gasteiger partial charge in [0.05, 0.1) is 6.61 Å². The Labute approximate surface area is 169 Å². The number of furan rings is 1. The van der Waals surface area contributed by atoms with Gasteiger partial charge < -0.3 is 19.2 Å². The average Bonchev–Trinajstić information content (AvgIpc) is 3.09. The second kappa shape index (κ2) is 9.49. The van der Waals surface area contributed by atoms with Gasteiger partial charge in [0, 0.05) is 29.5 Å². The molecule has 0 atom stereocenters. The van der Waals surface area contributed by atoms with Crippen LogP contribution in [0, 0.1) is 0 Å². The molecule has 0 saturated heterocycles. The van der Waals surface area contributed by atoms with Crippen LogP contribution in [-0.4, -0.2) is 48.9 Å². The molecule has 6 heteroatoms. The van der Waals surface area contributed by atoms with Crippen LogP contribution in [0.5, 0.6) is 5.75 Å². The quantitative estimate of drug-likeness (QED) is 0.416. The molecule has 0 bridgehead atoms. The van der Waals surface area contributed by atoms with Crippen LogP contribution >= 0.6 is 0 Å². The predicted octanol–water partition coefficient (Wildman–Crippen LogP) is 3.71. The highest BCUT2D eigenvalue weighted by Gasteiger charge is 2.20. The first-order valence-electron chi connectivity index (χ1n) is 9.55. The van der Waals surface area contributed by atoms with E-state index in [0.29, 0.717) is 43.1 Å². The van der Waals surface area contributed by atoms with Gasteiger partial charge in [0.15, 0.2) is 17.3 Å². The lowest BCUT2D eigenvalue weighted by Crippen LogP contribution is -2.13. The molecule has 0 spiro atoms. The minimum absolute atomic E-state index is 0.0365. The second-order valence-corrected chi connectivity index (χ2v) is 7.12. The number of carbonyl (C=O) groups is 2. The molecule has 0 unspecified atom stereocenters. The lowest BCUT2D eigenvalue weighted by molar-refractivity contribution is 0.0902. The summed E-state index contributed by atoms with van der Waals surface area (Å²) in [6.07, 6.45) is 0.871. The van der Waals surface area contributed by atoms with Crippen molar-refractivity contribution in [2.45, 2.75) is 19.4 Å². The zero-order chi connectivity index (χ0) is 20.8. The van der Waals surface area contributed by atoms with Crippen LogP contribution in [0.3, 0.4) is 0 Å². The molecule has 1 aromatic heterocycles. The standard InChI is InChI=1S/C23H25NO5/c1-24(2)14-19-18-6-3-4-8-22(18)29-23(19)20(26)7-5-13-28-17-11-9-16(10-12-17)21(27)15-25/h3-4,6,8-12,25H,5,7,13-15H2,1-2H3. The Morgan fingerprint density at radius 2 is 1.76 bits per heavy atom. The normalized spacial score (nSPS) is 11.2. The predicted molar refractivity (Wildman–Crippen MR) is 111 cm³/mol. The Kier molecular flexibility index (Phi) is 6.80. The molecule has 0 saturated carbocycles. The van der Waals surface area contributed by atoms with Crippen LogP contribution < -0.4 is 4.74 Å². The average molecular weight is 395 g/mol. The minimum atomic E-state index is -0.514. The van der Waals surface area contributed by atoms with Gasteiger partial charge in [-0.1, -0.05) is 18.2 Å². The second-order valence-electron chi connectivity index (χ2n) is 7.12. The Bertz CT molecular complexity index is 988. The van der Waals surface area contributed by atoms with Crippen LogP contribution in [0.25, 0.3) is 11.0 Å². The molecule has 0 radical (unpaired) electrons. The molecular formula is C23H25NO5. The number of Topliss-reactive ketones (excluding diaryl/α,β-unsaturated/α-hetero) is 2. The lowest BCUT2D eigenvalue weighted by atomic mass is 10.1. The van der Waals surface area contributed by atoms with Crippen LogP contribution in [0.15, 0.2) is 52.9 Å². The third kappa shape index (κ3) is 5.10. The zero-order valence-corrected chi connectivity index (χ0v) is 16.7. The molecule has 6 nitrogen and oxygen atoms in total. The van der Waals surface area contributed by atoms with E-state index in [1.165, 1.54) is 0 Å². The summed E-state index contributed by atoms with van der Waals surface area (Å²) in [5, 5.41) is 9.84. The maximum Gasteiger partial charge on any atom is 0.198 e. The van der Waals surface area contributed by atoms with E-state index in [-0.39, 0.29) is 11.6 Å². The number of aliphatic hydroxyl groups is 1. The summed E-state index contributed by atoms with van der Waals surface area (Å²) in [6.45, 7) is 0.496. The smallest absolute Gasteiger partial charge is 0.198 e. The number of ketones is 2. The first-order valence-corrected chi connectivity index (χ1v) is 9.55. The molecular weight excluding hydrogens is 370 g/mol. The number of rotatable bonds is 10. The summed E-state index contributed by atoms with van der Waals surface area (Å²) in [5.41, 5.74) is 2.08. The van der Waals surface area contributed by atoms with E-state index in [0.717, 1.165) is 16.5 Å².